The van der Waals surface area contributed by atoms with Crippen molar-refractivity contribution in [1.29, 1.82) is 0 Å². The van der Waals surface area contributed by atoms with Crippen LogP contribution in [-0.4, -0.2) is 5.91 Å². The fourth-order valence-corrected chi connectivity index (χ4v) is 4.84. The van der Waals surface area contributed by atoms with E-state index in [0.717, 1.165) is 30.7 Å². The summed E-state index contributed by atoms with van der Waals surface area (Å²) >= 11 is 0. The molecular formula is C33H32F3NO. The Morgan fingerprint density at radius 1 is 0.816 bits per heavy atom. The van der Waals surface area contributed by atoms with E-state index in [0.29, 0.717) is 22.6 Å². The molecule has 1 aliphatic rings. The first-order valence-electron chi connectivity index (χ1n) is 13.0. The number of fused-ring (bicyclic) bond motifs is 1. The second-order valence-electron chi connectivity index (χ2n) is 9.63. The van der Waals surface area contributed by atoms with Gasteiger partial charge in [0.1, 0.15) is 0 Å². The van der Waals surface area contributed by atoms with Crippen LogP contribution < -0.4 is 5.32 Å². The average molecular weight is 516 g/mol. The van der Waals surface area contributed by atoms with Gasteiger partial charge in [-0.1, -0.05) is 92.6 Å². The van der Waals surface area contributed by atoms with Crippen LogP contribution in [0.1, 0.15) is 53.2 Å². The third-order valence-corrected chi connectivity index (χ3v) is 6.81. The van der Waals surface area contributed by atoms with Crippen LogP contribution in [0.4, 0.5) is 18.9 Å². The number of carbonyl (C=O) groups is 1. The summed E-state index contributed by atoms with van der Waals surface area (Å²) in [5.74, 6) is 0.400. The van der Waals surface area contributed by atoms with Gasteiger partial charge in [-0.25, -0.2) is 0 Å². The molecule has 0 heterocycles. The highest BCUT2D eigenvalue weighted by Crippen LogP contribution is 2.34. The summed E-state index contributed by atoms with van der Waals surface area (Å²) in [6.07, 6.45) is 1.42. The van der Waals surface area contributed by atoms with E-state index in [-0.39, 0.29) is 5.91 Å². The van der Waals surface area contributed by atoms with Crippen molar-refractivity contribution in [2.45, 2.75) is 45.2 Å². The lowest BCUT2D eigenvalue weighted by atomic mass is 9.98. The Kier molecular flexibility index (Phi) is 9.01. The van der Waals surface area contributed by atoms with Gasteiger partial charge in [0.05, 0.1) is 5.56 Å². The lowest BCUT2D eigenvalue weighted by Gasteiger charge is -2.12. The van der Waals surface area contributed by atoms with Crippen LogP contribution in [0.2, 0.25) is 0 Å². The van der Waals surface area contributed by atoms with Gasteiger partial charge in [-0.15, -0.1) is 0 Å². The second kappa shape index (κ2) is 12.6. The Morgan fingerprint density at radius 3 is 2.08 bits per heavy atom. The number of carbonyl (C=O) groups excluding carboxylic acids is 1. The summed E-state index contributed by atoms with van der Waals surface area (Å²) in [5, 5.41) is 2.97. The normalized spacial score (nSPS) is 14.3. The second-order valence-corrected chi connectivity index (χ2v) is 9.63. The van der Waals surface area contributed by atoms with E-state index in [1.54, 1.807) is 24.3 Å². The molecule has 1 N–H and O–H groups in total. The zero-order valence-electron chi connectivity index (χ0n) is 21.5. The number of amides is 1. The Labute approximate surface area is 222 Å². The van der Waals surface area contributed by atoms with Crippen molar-refractivity contribution in [1.82, 2.24) is 0 Å². The topological polar surface area (TPSA) is 29.1 Å². The van der Waals surface area contributed by atoms with E-state index in [4.69, 9.17) is 0 Å². The Bertz CT molecular complexity index is 1300. The number of anilines is 1. The number of hydrogen-bond donors (Lipinski definition) is 1. The number of alkyl halides is 3. The molecule has 0 radical (unpaired) electrons. The molecule has 5 rings (SSSR count). The van der Waals surface area contributed by atoms with Gasteiger partial charge in [0.25, 0.3) is 5.91 Å². The minimum Gasteiger partial charge on any atom is -0.322 e. The molecule has 1 amide bonds. The maximum atomic E-state index is 13.0. The van der Waals surface area contributed by atoms with Crippen molar-refractivity contribution < 1.29 is 18.0 Å². The fraction of sp³-hybridized carbons (Fsp3) is 0.242. The molecule has 0 aromatic heterocycles. The quantitative estimate of drug-likeness (QED) is 0.272. The van der Waals surface area contributed by atoms with Gasteiger partial charge in [-0.2, -0.15) is 13.2 Å². The molecule has 0 fully saturated rings. The van der Waals surface area contributed by atoms with Crippen molar-refractivity contribution in [2.24, 2.45) is 5.92 Å². The fourth-order valence-electron chi connectivity index (χ4n) is 4.84. The van der Waals surface area contributed by atoms with Crippen LogP contribution in [0.25, 0.3) is 11.1 Å². The maximum absolute atomic E-state index is 13.0. The minimum absolute atomic E-state index is 0.277. The van der Waals surface area contributed by atoms with Crippen LogP contribution >= 0.6 is 0 Å². The van der Waals surface area contributed by atoms with E-state index < -0.39 is 11.7 Å². The van der Waals surface area contributed by atoms with Crippen LogP contribution in [0.3, 0.4) is 0 Å². The summed E-state index contributed by atoms with van der Waals surface area (Å²) in [7, 11) is 0. The van der Waals surface area contributed by atoms with Gasteiger partial charge in [0, 0.05) is 11.3 Å². The number of benzene rings is 4. The van der Waals surface area contributed by atoms with E-state index in [2.05, 4.69) is 24.4 Å². The molecule has 0 aliphatic heterocycles. The SMILES string of the molecule is CCCCC1Cc2ccc(NC(=O)c3ccccc3-c3ccc(C(F)(F)F)cc3)cc2C1.c1ccccc1. The molecule has 0 saturated heterocycles. The number of halogens is 3. The largest absolute Gasteiger partial charge is 0.416 e. The Morgan fingerprint density at radius 2 is 1.45 bits per heavy atom. The summed E-state index contributed by atoms with van der Waals surface area (Å²) in [4.78, 5) is 13.0. The number of rotatable bonds is 6. The van der Waals surface area contributed by atoms with Crippen molar-refractivity contribution in [3.05, 3.63) is 125 Å². The molecular weight excluding hydrogens is 483 g/mol. The van der Waals surface area contributed by atoms with Crippen LogP contribution in [-0.2, 0) is 19.0 Å². The van der Waals surface area contributed by atoms with Crippen LogP contribution in [0, 0.1) is 5.92 Å². The molecule has 4 aromatic carbocycles. The highest BCUT2D eigenvalue weighted by Gasteiger charge is 2.30. The predicted octanol–water partition coefficient (Wildman–Crippen LogP) is 9.22. The van der Waals surface area contributed by atoms with E-state index in [9.17, 15) is 18.0 Å². The average Bonchev–Trinajstić information content (AvgIpc) is 3.35. The van der Waals surface area contributed by atoms with E-state index >= 15 is 0 Å². The van der Waals surface area contributed by atoms with Crippen LogP contribution in [0.5, 0.6) is 0 Å². The highest BCUT2D eigenvalue weighted by atomic mass is 19.4. The van der Waals surface area contributed by atoms with Gasteiger partial charge < -0.3 is 5.32 Å². The standard InChI is InChI=1S/C27H26F3NO.C6H6/c1-2-3-6-18-15-20-11-14-23(17-21(20)16-18)31-26(32)25-8-5-4-7-24(25)19-9-12-22(13-10-19)27(28,29)30;1-2-4-6-5-3-1/h4-5,7-14,17-18H,2-3,6,15-16H2,1H3,(H,31,32);1-6H. The molecule has 1 aliphatic carbocycles. The number of nitrogens with one attached hydrogen (secondary N) is 1. The predicted molar refractivity (Wildman–Crippen MR) is 148 cm³/mol. The molecule has 1 unspecified atom stereocenters. The zero-order valence-corrected chi connectivity index (χ0v) is 21.5. The van der Waals surface area contributed by atoms with Gasteiger partial charge >= 0.3 is 6.18 Å². The van der Waals surface area contributed by atoms with E-state index in [1.807, 2.05) is 42.5 Å². The third kappa shape index (κ3) is 7.12. The van der Waals surface area contributed by atoms with Gasteiger partial charge in [-0.05, 0) is 77.8 Å². The minimum atomic E-state index is -4.39. The van der Waals surface area contributed by atoms with Gasteiger partial charge in [0.2, 0.25) is 0 Å². The molecule has 0 bridgehead atoms. The highest BCUT2D eigenvalue weighted by molar-refractivity contribution is 6.08. The lowest BCUT2D eigenvalue weighted by Crippen LogP contribution is -2.13. The number of unbranched alkanes of at least 4 members (excludes halogenated alkanes) is 1. The van der Waals surface area contributed by atoms with Crippen molar-refractivity contribution in [2.75, 3.05) is 5.32 Å². The number of hydrogen-bond acceptors (Lipinski definition) is 1. The van der Waals surface area contributed by atoms with Gasteiger partial charge in [-0.3, -0.25) is 4.79 Å². The monoisotopic (exact) mass is 515 g/mol. The van der Waals surface area contributed by atoms with Gasteiger partial charge in [0.15, 0.2) is 0 Å². The molecule has 1 atom stereocenters. The van der Waals surface area contributed by atoms with Crippen molar-refractivity contribution in [3.8, 4) is 11.1 Å². The summed E-state index contributed by atoms with van der Waals surface area (Å²) in [6.45, 7) is 2.21. The first-order valence-corrected chi connectivity index (χ1v) is 13.0. The van der Waals surface area contributed by atoms with Crippen molar-refractivity contribution >= 4 is 11.6 Å². The first kappa shape index (κ1) is 27.2. The third-order valence-electron chi connectivity index (χ3n) is 6.81. The summed E-state index contributed by atoms with van der Waals surface area (Å²) in [5.41, 5.74) is 4.27. The summed E-state index contributed by atoms with van der Waals surface area (Å²) in [6, 6.07) is 29.9. The molecule has 4 aromatic rings. The summed E-state index contributed by atoms with van der Waals surface area (Å²) < 4.78 is 38.7. The Hall–Kier alpha value is -3.86. The molecule has 38 heavy (non-hydrogen) atoms. The maximum Gasteiger partial charge on any atom is 0.416 e. The van der Waals surface area contributed by atoms with Crippen molar-refractivity contribution in [3.63, 3.8) is 0 Å². The molecule has 5 heteroatoms. The van der Waals surface area contributed by atoms with E-state index in [1.165, 1.54) is 42.5 Å². The smallest absolute Gasteiger partial charge is 0.322 e. The zero-order chi connectivity index (χ0) is 27.0. The molecule has 0 saturated carbocycles. The Balaban J connectivity index is 0.000000494. The molecule has 196 valence electrons. The molecule has 2 nitrogen and oxygen atoms in total. The first-order chi connectivity index (χ1) is 18.3. The van der Waals surface area contributed by atoms with Crippen LogP contribution in [0.15, 0.2) is 103 Å². The molecule has 0 spiro atoms. The lowest BCUT2D eigenvalue weighted by molar-refractivity contribution is -0.137.